The number of fused-ring (bicyclic) bond motifs is 1. The first-order valence-electron chi connectivity index (χ1n) is 5.01. The highest BCUT2D eigenvalue weighted by Gasteiger charge is 2.25. The van der Waals surface area contributed by atoms with Crippen LogP contribution in [0.2, 0.25) is 0 Å². The van der Waals surface area contributed by atoms with Gasteiger partial charge in [0.05, 0.1) is 14.2 Å². The second kappa shape index (κ2) is 3.52. The van der Waals surface area contributed by atoms with E-state index in [0.717, 1.165) is 17.9 Å². The van der Waals surface area contributed by atoms with Crippen LogP contribution in [0.3, 0.4) is 0 Å². The van der Waals surface area contributed by atoms with Crippen molar-refractivity contribution in [2.45, 2.75) is 25.7 Å². The van der Waals surface area contributed by atoms with E-state index < -0.39 is 0 Å². The average molecular weight is 192 g/mol. The van der Waals surface area contributed by atoms with Crippen LogP contribution in [0.15, 0.2) is 12.1 Å². The predicted molar refractivity (Wildman–Crippen MR) is 56.3 cm³/mol. The van der Waals surface area contributed by atoms with Crippen molar-refractivity contribution in [3.63, 3.8) is 0 Å². The van der Waals surface area contributed by atoms with Gasteiger partial charge in [-0.1, -0.05) is 6.92 Å². The quantitative estimate of drug-likeness (QED) is 0.717. The largest absolute Gasteiger partial charge is 0.496 e. The normalized spacial score (nSPS) is 19.2. The Bertz CT molecular complexity index is 344. The van der Waals surface area contributed by atoms with Crippen LogP contribution in [-0.2, 0) is 6.42 Å². The summed E-state index contributed by atoms with van der Waals surface area (Å²) < 4.78 is 10.7. The maximum absolute atomic E-state index is 5.37. The van der Waals surface area contributed by atoms with E-state index in [1.807, 2.05) is 12.1 Å². The summed E-state index contributed by atoms with van der Waals surface area (Å²) in [5.41, 5.74) is 2.67. The molecule has 0 heterocycles. The van der Waals surface area contributed by atoms with E-state index in [1.54, 1.807) is 14.2 Å². The van der Waals surface area contributed by atoms with Gasteiger partial charge < -0.3 is 9.47 Å². The molecule has 1 aromatic carbocycles. The standard InChI is InChI=1S/C12H16O2/c1-8-4-5-9-10(13-2)6-7-11(14-3)12(8)9/h6-8H,4-5H2,1-3H3. The van der Waals surface area contributed by atoms with E-state index >= 15 is 0 Å². The zero-order valence-corrected chi connectivity index (χ0v) is 8.96. The van der Waals surface area contributed by atoms with Crippen molar-refractivity contribution in [3.05, 3.63) is 23.3 Å². The molecule has 0 aliphatic heterocycles. The van der Waals surface area contributed by atoms with E-state index in [2.05, 4.69) is 6.92 Å². The van der Waals surface area contributed by atoms with E-state index in [1.165, 1.54) is 17.5 Å². The summed E-state index contributed by atoms with van der Waals surface area (Å²) in [4.78, 5) is 0. The van der Waals surface area contributed by atoms with Crippen LogP contribution in [0.5, 0.6) is 11.5 Å². The van der Waals surface area contributed by atoms with Crippen molar-refractivity contribution < 1.29 is 9.47 Å². The summed E-state index contributed by atoms with van der Waals surface area (Å²) in [6.07, 6.45) is 2.31. The molecule has 1 aliphatic carbocycles. The highest BCUT2D eigenvalue weighted by atomic mass is 16.5. The van der Waals surface area contributed by atoms with Gasteiger partial charge in [0, 0.05) is 11.1 Å². The van der Waals surface area contributed by atoms with Gasteiger partial charge in [-0.05, 0) is 30.9 Å². The number of hydrogen-bond acceptors (Lipinski definition) is 2. The molecule has 2 nitrogen and oxygen atoms in total. The van der Waals surface area contributed by atoms with Crippen LogP contribution < -0.4 is 9.47 Å². The van der Waals surface area contributed by atoms with Crippen molar-refractivity contribution in [1.29, 1.82) is 0 Å². The number of benzene rings is 1. The maximum Gasteiger partial charge on any atom is 0.122 e. The van der Waals surface area contributed by atoms with Crippen molar-refractivity contribution >= 4 is 0 Å². The average Bonchev–Trinajstić information content (AvgIpc) is 2.60. The van der Waals surface area contributed by atoms with Gasteiger partial charge in [0.25, 0.3) is 0 Å². The van der Waals surface area contributed by atoms with Gasteiger partial charge in [-0.15, -0.1) is 0 Å². The molecule has 2 rings (SSSR count). The molecule has 0 radical (unpaired) electrons. The fourth-order valence-corrected chi connectivity index (χ4v) is 2.30. The second-order valence-electron chi connectivity index (χ2n) is 3.80. The molecule has 2 heteroatoms. The molecule has 0 saturated heterocycles. The molecule has 0 fully saturated rings. The third-order valence-corrected chi connectivity index (χ3v) is 3.03. The molecule has 1 atom stereocenters. The lowest BCUT2D eigenvalue weighted by atomic mass is 10.0. The molecule has 0 N–H and O–H groups in total. The smallest absolute Gasteiger partial charge is 0.122 e. The molecule has 1 aromatic rings. The van der Waals surface area contributed by atoms with Crippen molar-refractivity contribution in [2.75, 3.05) is 14.2 Å². The van der Waals surface area contributed by atoms with E-state index in [-0.39, 0.29) is 0 Å². The number of rotatable bonds is 2. The van der Waals surface area contributed by atoms with Crippen molar-refractivity contribution in [1.82, 2.24) is 0 Å². The zero-order valence-electron chi connectivity index (χ0n) is 8.96. The van der Waals surface area contributed by atoms with Crippen LogP contribution in [-0.4, -0.2) is 14.2 Å². The van der Waals surface area contributed by atoms with Gasteiger partial charge in [-0.25, -0.2) is 0 Å². The Hall–Kier alpha value is -1.18. The molecule has 1 aliphatic rings. The van der Waals surface area contributed by atoms with Gasteiger partial charge >= 0.3 is 0 Å². The minimum Gasteiger partial charge on any atom is -0.496 e. The molecule has 14 heavy (non-hydrogen) atoms. The Morgan fingerprint density at radius 1 is 1.14 bits per heavy atom. The summed E-state index contributed by atoms with van der Waals surface area (Å²) in [6.45, 7) is 2.24. The minimum atomic E-state index is 0.593. The highest BCUT2D eigenvalue weighted by molar-refractivity contribution is 5.52. The number of methoxy groups -OCH3 is 2. The first-order valence-corrected chi connectivity index (χ1v) is 5.01. The molecule has 0 amide bonds. The van der Waals surface area contributed by atoms with Gasteiger partial charge in [-0.3, -0.25) is 0 Å². The van der Waals surface area contributed by atoms with Crippen LogP contribution in [0.1, 0.15) is 30.4 Å². The van der Waals surface area contributed by atoms with Gasteiger partial charge in [-0.2, -0.15) is 0 Å². The Labute approximate surface area is 84.8 Å². The Balaban J connectivity index is 2.56. The Morgan fingerprint density at radius 2 is 1.79 bits per heavy atom. The highest BCUT2D eigenvalue weighted by Crippen LogP contribution is 2.43. The monoisotopic (exact) mass is 192 g/mol. The van der Waals surface area contributed by atoms with Crippen LogP contribution in [0.25, 0.3) is 0 Å². The zero-order chi connectivity index (χ0) is 10.1. The van der Waals surface area contributed by atoms with Crippen molar-refractivity contribution in [2.24, 2.45) is 0 Å². The number of hydrogen-bond donors (Lipinski definition) is 0. The molecule has 0 saturated carbocycles. The molecular formula is C12H16O2. The third kappa shape index (κ3) is 1.26. The Kier molecular flexibility index (Phi) is 2.36. The lowest BCUT2D eigenvalue weighted by Crippen LogP contribution is -1.96. The van der Waals surface area contributed by atoms with Gasteiger partial charge in [0.1, 0.15) is 11.5 Å². The molecule has 1 unspecified atom stereocenters. The SMILES string of the molecule is COc1ccc(OC)c2c1CCC2C. The molecule has 76 valence electrons. The lowest BCUT2D eigenvalue weighted by molar-refractivity contribution is 0.396. The maximum atomic E-state index is 5.37. The van der Waals surface area contributed by atoms with Crippen molar-refractivity contribution in [3.8, 4) is 11.5 Å². The van der Waals surface area contributed by atoms with E-state index in [0.29, 0.717) is 5.92 Å². The summed E-state index contributed by atoms with van der Waals surface area (Å²) >= 11 is 0. The fourth-order valence-electron chi connectivity index (χ4n) is 2.30. The molecule has 0 spiro atoms. The third-order valence-electron chi connectivity index (χ3n) is 3.03. The first kappa shape index (κ1) is 9.38. The molecule has 0 aromatic heterocycles. The van der Waals surface area contributed by atoms with Gasteiger partial charge in [0.15, 0.2) is 0 Å². The summed E-state index contributed by atoms with van der Waals surface area (Å²) in [7, 11) is 3.46. The van der Waals surface area contributed by atoms with Crippen LogP contribution in [0.4, 0.5) is 0 Å². The number of ether oxygens (including phenoxy) is 2. The minimum absolute atomic E-state index is 0.593. The predicted octanol–water partition coefficient (Wildman–Crippen LogP) is 2.75. The van der Waals surface area contributed by atoms with Crippen LogP contribution >= 0.6 is 0 Å². The molecular weight excluding hydrogens is 176 g/mol. The fraction of sp³-hybridized carbons (Fsp3) is 0.500. The first-order chi connectivity index (χ1) is 6.77. The lowest BCUT2D eigenvalue weighted by Gasteiger charge is -2.13. The molecule has 0 bridgehead atoms. The van der Waals surface area contributed by atoms with E-state index in [9.17, 15) is 0 Å². The van der Waals surface area contributed by atoms with Crippen LogP contribution in [0, 0.1) is 0 Å². The summed E-state index contributed by atoms with van der Waals surface area (Å²) in [6, 6.07) is 4.00. The summed E-state index contributed by atoms with van der Waals surface area (Å²) in [5.74, 6) is 2.60. The Morgan fingerprint density at radius 3 is 2.43 bits per heavy atom. The second-order valence-corrected chi connectivity index (χ2v) is 3.80. The summed E-state index contributed by atoms with van der Waals surface area (Å²) in [5, 5.41) is 0. The van der Waals surface area contributed by atoms with E-state index in [4.69, 9.17) is 9.47 Å². The van der Waals surface area contributed by atoms with Gasteiger partial charge in [0.2, 0.25) is 0 Å². The topological polar surface area (TPSA) is 18.5 Å².